The zero-order valence-electron chi connectivity index (χ0n) is 10.5. The fraction of sp³-hybridized carbons (Fsp3) is 0.143. The van der Waals surface area contributed by atoms with Crippen molar-refractivity contribution in [3.8, 4) is 17.2 Å². The van der Waals surface area contributed by atoms with E-state index in [2.05, 4.69) is 36.6 Å². The van der Waals surface area contributed by atoms with Crippen molar-refractivity contribution in [3.63, 3.8) is 0 Å². The van der Waals surface area contributed by atoms with Gasteiger partial charge in [0.25, 0.3) is 0 Å². The van der Waals surface area contributed by atoms with Crippen LogP contribution in [0, 0.1) is 0 Å². The Morgan fingerprint density at radius 2 is 1.57 bits per heavy atom. The normalized spacial score (nSPS) is 11.3. The van der Waals surface area contributed by atoms with E-state index in [0.29, 0.717) is 11.5 Å². The van der Waals surface area contributed by atoms with Crippen LogP contribution in [-0.4, -0.2) is 6.36 Å². The summed E-state index contributed by atoms with van der Waals surface area (Å²) in [7, 11) is 0. The van der Waals surface area contributed by atoms with Gasteiger partial charge in [-0.2, -0.15) is 0 Å². The van der Waals surface area contributed by atoms with E-state index in [0.717, 1.165) is 10.9 Å². The SMILES string of the molecule is FC(F)(F)Oc1ccc(Oc2ccc(CBr)cc2)cc1Br. The van der Waals surface area contributed by atoms with Crippen molar-refractivity contribution in [3.05, 3.63) is 52.5 Å². The summed E-state index contributed by atoms with van der Waals surface area (Å²) in [6, 6.07) is 11.4. The van der Waals surface area contributed by atoms with Gasteiger partial charge in [-0.25, -0.2) is 0 Å². The molecule has 2 nitrogen and oxygen atoms in total. The van der Waals surface area contributed by atoms with Crippen molar-refractivity contribution in [1.82, 2.24) is 0 Å². The van der Waals surface area contributed by atoms with E-state index in [1.807, 2.05) is 12.1 Å². The second kappa shape index (κ2) is 6.70. The lowest BCUT2D eigenvalue weighted by atomic mass is 10.2. The summed E-state index contributed by atoms with van der Waals surface area (Å²) in [6.07, 6.45) is -4.73. The number of benzene rings is 2. The Hall–Kier alpha value is -1.21. The zero-order chi connectivity index (χ0) is 15.5. The molecule has 21 heavy (non-hydrogen) atoms. The Bertz CT molecular complexity index is 613. The van der Waals surface area contributed by atoms with E-state index in [9.17, 15) is 13.2 Å². The summed E-state index contributed by atoms with van der Waals surface area (Å²) in [5.74, 6) is 0.684. The summed E-state index contributed by atoms with van der Waals surface area (Å²) in [4.78, 5) is 0. The molecule has 0 N–H and O–H groups in total. The molecule has 0 aliphatic heterocycles. The minimum absolute atomic E-state index is 0.161. The van der Waals surface area contributed by atoms with Crippen LogP contribution in [0.5, 0.6) is 17.2 Å². The molecule has 0 heterocycles. The first kappa shape index (κ1) is 16.2. The van der Waals surface area contributed by atoms with Crippen molar-refractivity contribution in [2.45, 2.75) is 11.7 Å². The van der Waals surface area contributed by atoms with Gasteiger partial charge in [0, 0.05) is 5.33 Å². The fourth-order valence-corrected chi connectivity index (χ4v) is 2.35. The van der Waals surface area contributed by atoms with Crippen LogP contribution < -0.4 is 9.47 Å². The van der Waals surface area contributed by atoms with E-state index < -0.39 is 6.36 Å². The second-order valence-electron chi connectivity index (χ2n) is 4.02. The number of hydrogen-bond acceptors (Lipinski definition) is 2. The van der Waals surface area contributed by atoms with Crippen LogP contribution in [0.4, 0.5) is 13.2 Å². The van der Waals surface area contributed by atoms with Gasteiger partial charge in [-0.05, 0) is 51.8 Å². The predicted octanol–water partition coefficient (Wildman–Crippen LogP) is 6.03. The van der Waals surface area contributed by atoms with Crippen molar-refractivity contribution < 1.29 is 22.6 Å². The first-order chi connectivity index (χ1) is 9.87. The van der Waals surface area contributed by atoms with Gasteiger partial charge in [-0.3, -0.25) is 0 Å². The predicted molar refractivity (Wildman–Crippen MR) is 80.0 cm³/mol. The molecule has 2 aromatic rings. The van der Waals surface area contributed by atoms with Crippen LogP contribution in [0.1, 0.15) is 5.56 Å². The Morgan fingerprint density at radius 3 is 2.10 bits per heavy atom. The van der Waals surface area contributed by atoms with Crippen LogP contribution in [-0.2, 0) is 5.33 Å². The lowest BCUT2D eigenvalue weighted by Gasteiger charge is -2.12. The van der Waals surface area contributed by atoms with E-state index in [4.69, 9.17) is 4.74 Å². The lowest BCUT2D eigenvalue weighted by Crippen LogP contribution is -2.17. The van der Waals surface area contributed by atoms with E-state index >= 15 is 0 Å². The van der Waals surface area contributed by atoms with Gasteiger partial charge in [0.05, 0.1) is 4.47 Å². The molecule has 2 rings (SSSR count). The summed E-state index contributed by atoms with van der Waals surface area (Å²) in [5.41, 5.74) is 1.09. The van der Waals surface area contributed by atoms with Crippen LogP contribution in [0.15, 0.2) is 46.9 Å². The first-order valence-corrected chi connectivity index (χ1v) is 7.67. The Balaban J connectivity index is 2.12. The molecule has 0 atom stereocenters. The topological polar surface area (TPSA) is 18.5 Å². The number of ether oxygens (including phenoxy) is 2. The molecule has 0 spiro atoms. The molecule has 0 aliphatic carbocycles. The van der Waals surface area contributed by atoms with E-state index in [1.165, 1.54) is 18.2 Å². The third-order valence-corrected chi connectivity index (χ3v) is 3.71. The maximum Gasteiger partial charge on any atom is 0.573 e. The quantitative estimate of drug-likeness (QED) is 0.556. The summed E-state index contributed by atoms with van der Waals surface area (Å²) in [6.45, 7) is 0. The number of alkyl halides is 4. The molecule has 0 aromatic heterocycles. The molecule has 2 aromatic carbocycles. The van der Waals surface area contributed by atoms with Gasteiger partial charge in [0.2, 0.25) is 0 Å². The van der Waals surface area contributed by atoms with Gasteiger partial charge in [0.15, 0.2) is 0 Å². The average molecular weight is 426 g/mol. The van der Waals surface area contributed by atoms with Crippen LogP contribution in [0.25, 0.3) is 0 Å². The highest BCUT2D eigenvalue weighted by Crippen LogP contribution is 2.34. The highest BCUT2D eigenvalue weighted by molar-refractivity contribution is 9.10. The second-order valence-corrected chi connectivity index (χ2v) is 5.43. The maximum absolute atomic E-state index is 12.2. The first-order valence-electron chi connectivity index (χ1n) is 5.75. The largest absolute Gasteiger partial charge is 0.573 e. The Labute approximate surface area is 136 Å². The maximum atomic E-state index is 12.2. The van der Waals surface area contributed by atoms with E-state index in [1.54, 1.807) is 12.1 Å². The van der Waals surface area contributed by atoms with Crippen molar-refractivity contribution in [2.75, 3.05) is 0 Å². The minimum atomic E-state index is -4.73. The zero-order valence-corrected chi connectivity index (χ0v) is 13.6. The molecular weight excluding hydrogens is 417 g/mol. The van der Waals surface area contributed by atoms with Gasteiger partial charge in [0.1, 0.15) is 17.2 Å². The van der Waals surface area contributed by atoms with Crippen molar-refractivity contribution in [2.24, 2.45) is 0 Å². The third kappa shape index (κ3) is 4.93. The van der Waals surface area contributed by atoms with Crippen LogP contribution in [0.3, 0.4) is 0 Å². The lowest BCUT2D eigenvalue weighted by molar-refractivity contribution is -0.274. The van der Waals surface area contributed by atoms with Crippen LogP contribution in [0.2, 0.25) is 0 Å². The smallest absolute Gasteiger partial charge is 0.457 e. The fourth-order valence-electron chi connectivity index (χ4n) is 1.54. The molecule has 0 saturated carbocycles. The summed E-state index contributed by atoms with van der Waals surface area (Å²) in [5, 5.41) is 0.738. The van der Waals surface area contributed by atoms with Crippen molar-refractivity contribution in [1.29, 1.82) is 0 Å². The third-order valence-electron chi connectivity index (χ3n) is 2.44. The molecule has 0 bridgehead atoms. The molecule has 0 radical (unpaired) electrons. The number of halogens is 5. The molecule has 0 fully saturated rings. The van der Waals surface area contributed by atoms with Crippen LogP contribution >= 0.6 is 31.9 Å². The number of rotatable bonds is 4. The molecule has 0 unspecified atom stereocenters. The van der Waals surface area contributed by atoms with E-state index in [-0.39, 0.29) is 10.2 Å². The summed E-state index contributed by atoms with van der Waals surface area (Å²) >= 11 is 6.36. The molecule has 0 saturated heterocycles. The van der Waals surface area contributed by atoms with Crippen molar-refractivity contribution >= 4 is 31.9 Å². The average Bonchev–Trinajstić information content (AvgIpc) is 2.41. The molecule has 0 amide bonds. The molecule has 112 valence electrons. The van der Waals surface area contributed by atoms with Gasteiger partial charge < -0.3 is 9.47 Å². The highest BCUT2D eigenvalue weighted by atomic mass is 79.9. The summed E-state index contributed by atoms with van der Waals surface area (Å²) < 4.78 is 46.1. The molecular formula is C14H9Br2F3O2. The Morgan fingerprint density at radius 1 is 0.952 bits per heavy atom. The minimum Gasteiger partial charge on any atom is -0.457 e. The standard InChI is InChI=1S/C14H9Br2F3O2/c15-8-9-1-3-10(4-2-9)20-11-5-6-13(12(16)7-11)21-14(17,18)19/h1-7H,8H2. The monoisotopic (exact) mass is 424 g/mol. The highest BCUT2D eigenvalue weighted by Gasteiger charge is 2.32. The molecule has 7 heteroatoms. The number of hydrogen-bond donors (Lipinski definition) is 0. The van der Waals surface area contributed by atoms with Gasteiger partial charge >= 0.3 is 6.36 Å². The van der Waals surface area contributed by atoms with Gasteiger partial charge in [-0.15, -0.1) is 13.2 Å². The molecule has 0 aliphatic rings. The van der Waals surface area contributed by atoms with Gasteiger partial charge in [-0.1, -0.05) is 28.1 Å². The Kier molecular flexibility index (Phi) is 5.16.